The predicted molar refractivity (Wildman–Crippen MR) is 60.3 cm³/mol. The molecule has 1 fully saturated rings. The largest absolute Gasteiger partial charge is 0.444 e. The third kappa shape index (κ3) is 4.36. The van der Waals surface area contributed by atoms with Crippen molar-refractivity contribution in [2.45, 2.75) is 50.9 Å². The Kier molecular flexibility index (Phi) is 4.15. The minimum atomic E-state index is -4.22. The van der Waals surface area contributed by atoms with Crippen LogP contribution in [0.15, 0.2) is 0 Å². The van der Waals surface area contributed by atoms with Crippen LogP contribution in [0.2, 0.25) is 0 Å². The third-order valence-electron chi connectivity index (χ3n) is 2.55. The number of carbonyl (C=O) groups is 1. The number of nitrogens with one attached hydrogen (secondary N) is 2. The van der Waals surface area contributed by atoms with Crippen molar-refractivity contribution in [3.63, 3.8) is 0 Å². The van der Waals surface area contributed by atoms with Gasteiger partial charge >= 0.3 is 12.3 Å². The molecular weight excluding hydrogens is 249 g/mol. The maximum atomic E-state index is 12.5. The van der Waals surface area contributed by atoms with Crippen molar-refractivity contribution in [3.05, 3.63) is 0 Å². The Morgan fingerprint density at radius 3 is 2.17 bits per heavy atom. The van der Waals surface area contributed by atoms with E-state index in [2.05, 4.69) is 10.6 Å². The van der Waals surface area contributed by atoms with Gasteiger partial charge in [-0.15, -0.1) is 0 Å². The minimum Gasteiger partial charge on any atom is -0.444 e. The van der Waals surface area contributed by atoms with Gasteiger partial charge in [0.1, 0.15) is 11.1 Å². The summed E-state index contributed by atoms with van der Waals surface area (Å²) in [5.41, 5.74) is -2.34. The molecule has 7 heteroatoms. The average molecular weight is 268 g/mol. The van der Waals surface area contributed by atoms with Gasteiger partial charge in [-0.3, -0.25) is 0 Å². The van der Waals surface area contributed by atoms with E-state index in [9.17, 15) is 18.0 Å². The molecule has 0 aromatic heterocycles. The van der Waals surface area contributed by atoms with Crippen LogP contribution >= 0.6 is 0 Å². The molecule has 0 spiro atoms. The van der Waals surface area contributed by atoms with Crippen LogP contribution in [0.4, 0.5) is 18.0 Å². The van der Waals surface area contributed by atoms with E-state index in [4.69, 9.17) is 4.74 Å². The van der Waals surface area contributed by atoms with Crippen molar-refractivity contribution < 1.29 is 22.7 Å². The van der Waals surface area contributed by atoms with Crippen molar-refractivity contribution >= 4 is 6.09 Å². The zero-order chi connectivity index (χ0) is 14.0. The van der Waals surface area contributed by atoms with E-state index >= 15 is 0 Å². The maximum absolute atomic E-state index is 12.5. The summed E-state index contributed by atoms with van der Waals surface area (Å²) in [7, 11) is 0. The first kappa shape index (κ1) is 15.1. The molecule has 0 unspecified atom stereocenters. The van der Waals surface area contributed by atoms with Crippen LogP contribution in [0.1, 0.15) is 33.6 Å². The Morgan fingerprint density at radius 1 is 1.22 bits per heavy atom. The lowest BCUT2D eigenvalue weighted by atomic mass is 10.2. The van der Waals surface area contributed by atoms with Crippen LogP contribution in [-0.4, -0.2) is 36.5 Å². The van der Waals surface area contributed by atoms with Crippen molar-refractivity contribution in [3.8, 4) is 0 Å². The highest BCUT2D eigenvalue weighted by molar-refractivity contribution is 5.67. The van der Waals surface area contributed by atoms with Crippen molar-refractivity contribution in [2.24, 2.45) is 0 Å². The van der Waals surface area contributed by atoms with Gasteiger partial charge in [-0.2, -0.15) is 13.2 Å². The number of halogens is 3. The van der Waals surface area contributed by atoms with E-state index in [1.54, 1.807) is 20.8 Å². The fraction of sp³-hybridized carbons (Fsp3) is 0.909. The first-order chi connectivity index (χ1) is 8.06. The number of carbonyl (C=O) groups excluding carboxylic acids is 1. The lowest BCUT2D eigenvalue weighted by molar-refractivity contribution is -0.165. The van der Waals surface area contributed by atoms with Gasteiger partial charge in [0.25, 0.3) is 0 Å². The van der Waals surface area contributed by atoms with Crippen molar-refractivity contribution in [2.75, 3.05) is 13.1 Å². The number of hydrogen-bond acceptors (Lipinski definition) is 3. The third-order valence-corrected chi connectivity index (χ3v) is 2.55. The van der Waals surface area contributed by atoms with Crippen molar-refractivity contribution in [1.82, 2.24) is 10.6 Å². The summed E-state index contributed by atoms with van der Waals surface area (Å²) in [6.07, 6.45) is -4.65. The lowest BCUT2D eigenvalue weighted by Gasteiger charge is -2.22. The molecule has 0 atom stereocenters. The second-order valence-electron chi connectivity index (χ2n) is 5.44. The van der Waals surface area contributed by atoms with Gasteiger partial charge in [0.2, 0.25) is 0 Å². The monoisotopic (exact) mass is 268 g/mol. The van der Waals surface area contributed by atoms with Gasteiger partial charge in [0.15, 0.2) is 0 Å². The van der Waals surface area contributed by atoms with Gasteiger partial charge in [0.05, 0.1) is 0 Å². The summed E-state index contributed by atoms with van der Waals surface area (Å²) >= 11 is 0. The smallest absolute Gasteiger partial charge is 0.407 e. The van der Waals surface area contributed by atoms with Crippen LogP contribution in [0.3, 0.4) is 0 Å². The first-order valence-corrected chi connectivity index (χ1v) is 5.84. The number of ether oxygens (including phenoxy) is 1. The fourth-order valence-corrected chi connectivity index (χ4v) is 1.47. The highest BCUT2D eigenvalue weighted by Crippen LogP contribution is 2.48. The lowest BCUT2D eigenvalue weighted by Crippen LogP contribution is -2.47. The molecule has 0 heterocycles. The highest BCUT2D eigenvalue weighted by Gasteiger charge is 2.62. The molecule has 0 aromatic carbocycles. The molecule has 18 heavy (non-hydrogen) atoms. The second-order valence-corrected chi connectivity index (χ2v) is 5.44. The normalized spacial score (nSPS) is 18.3. The van der Waals surface area contributed by atoms with Crippen LogP contribution in [-0.2, 0) is 4.74 Å². The topological polar surface area (TPSA) is 50.4 Å². The molecule has 106 valence electrons. The maximum Gasteiger partial charge on any atom is 0.407 e. The summed E-state index contributed by atoms with van der Waals surface area (Å²) < 4.78 is 42.5. The summed E-state index contributed by atoms with van der Waals surface area (Å²) in [6.45, 7) is 5.32. The van der Waals surface area contributed by atoms with Gasteiger partial charge in [-0.05, 0) is 33.6 Å². The molecule has 1 rings (SSSR count). The number of rotatable bonds is 4. The van der Waals surface area contributed by atoms with Crippen LogP contribution in [0, 0.1) is 0 Å². The molecule has 0 aromatic rings. The number of alkyl carbamates (subject to hydrolysis) is 1. The van der Waals surface area contributed by atoms with Gasteiger partial charge in [0, 0.05) is 13.1 Å². The molecule has 1 aliphatic rings. The van der Waals surface area contributed by atoms with Gasteiger partial charge < -0.3 is 15.4 Å². The second kappa shape index (κ2) is 4.95. The van der Waals surface area contributed by atoms with Crippen LogP contribution in [0.25, 0.3) is 0 Å². The SMILES string of the molecule is CC(C)(C)OC(=O)NCCNC1(C(F)(F)F)CC1. The minimum absolute atomic E-state index is 0.0682. The Hall–Kier alpha value is -0.980. The van der Waals surface area contributed by atoms with E-state index in [0.29, 0.717) is 0 Å². The summed E-state index contributed by atoms with van der Waals surface area (Å²) in [5.74, 6) is 0. The highest BCUT2D eigenvalue weighted by atomic mass is 19.4. The summed E-state index contributed by atoms with van der Waals surface area (Å²) in [6, 6.07) is 0. The van der Waals surface area contributed by atoms with Crippen molar-refractivity contribution in [1.29, 1.82) is 0 Å². The molecule has 4 nitrogen and oxygen atoms in total. The molecule has 0 bridgehead atoms. The Balaban J connectivity index is 2.18. The van der Waals surface area contributed by atoms with E-state index in [1.165, 1.54) is 0 Å². The van der Waals surface area contributed by atoms with Gasteiger partial charge in [-0.1, -0.05) is 0 Å². The zero-order valence-electron chi connectivity index (χ0n) is 10.8. The molecule has 0 saturated heterocycles. The number of hydrogen-bond donors (Lipinski definition) is 2. The van der Waals surface area contributed by atoms with E-state index in [0.717, 1.165) is 0 Å². The Bertz CT molecular complexity index is 306. The Labute approximate surface area is 104 Å². The van der Waals surface area contributed by atoms with Crippen LogP contribution in [0.5, 0.6) is 0 Å². The number of alkyl halides is 3. The molecule has 0 aliphatic heterocycles. The Morgan fingerprint density at radius 2 is 1.78 bits per heavy atom. The number of amides is 1. The molecule has 0 radical (unpaired) electrons. The zero-order valence-corrected chi connectivity index (χ0v) is 10.8. The summed E-state index contributed by atoms with van der Waals surface area (Å²) in [5, 5.41) is 4.83. The molecule has 1 amide bonds. The molecule has 1 saturated carbocycles. The first-order valence-electron chi connectivity index (χ1n) is 5.84. The summed E-state index contributed by atoms with van der Waals surface area (Å²) in [4.78, 5) is 11.2. The average Bonchev–Trinajstić information content (AvgIpc) is 2.89. The molecule has 1 aliphatic carbocycles. The molecular formula is C11H19F3N2O2. The van der Waals surface area contributed by atoms with Gasteiger partial charge in [-0.25, -0.2) is 4.79 Å². The van der Waals surface area contributed by atoms with E-state index in [1.807, 2.05) is 0 Å². The predicted octanol–water partition coefficient (Wildman–Crippen LogP) is 2.20. The van der Waals surface area contributed by atoms with E-state index in [-0.39, 0.29) is 25.9 Å². The fourth-order valence-electron chi connectivity index (χ4n) is 1.47. The van der Waals surface area contributed by atoms with Crippen LogP contribution < -0.4 is 10.6 Å². The standard InChI is InChI=1S/C11H19F3N2O2/c1-9(2,3)18-8(17)15-6-7-16-10(4-5-10)11(12,13)14/h16H,4-7H2,1-3H3,(H,15,17). The molecule has 2 N–H and O–H groups in total. The quantitative estimate of drug-likeness (QED) is 0.768. The van der Waals surface area contributed by atoms with E-state index < -0.39 is 23.4 Å².